The fourth-order valence-corrected chi connectivity index (χ4v) is 2.34. The first-order valence-electron chi connectivity index (χ1n) is 6.64. The maximum absolute atomic E-state index is 2.19. The minimum absolute atomic E-state index is 0. The van der Waals surface area contributed by atoms with Crippen LogP contribution in [0.25, 0.3) is 10.8 Å². The monoisotopic (exact) mass is 256 g/mol. The molecule has 0 aliphatic heterocycles. The number of rotatable bonds is 0. The fourth-order valence-electron chi connectivity index (χ4n) is 2.34. The van der Waals surface area contributed by atoms with Crippen LogP contribution in [-0.2, 0) is 0 Å². The Bertz CT molecular complexity index is 561. The summed E-state index contributed by atoms with van der Waals surface area (Å²) in [5.74, 6) is 0. The van der Waals surface area contributed by atoms with Gasteiger partial charge >= 0.3 is 18.9 Å². The van der Waals surface area contributed by atoms with E-state index >= 15 is 0 Å². The van der Waals surface area contributed by atoms with E-state index in [2.05, 4.69) is 87.5 Å². The molecule has 0 aliphatic rings. The first kappa shape index (κ1) is 16.6. The molecule has 3 rings (SSSR count). The normalized spacial score (nSPS) is 9.35. The van der Waals surface area contributed by atoms with Crippen LogP contribution in [-0.4, -0.2) is 0 Å². The smallest absolute Gasteiger partial charge is 1.00 e. The van der Waals surface area contributed by atoms with Crippen LogP contribution < -0.4 is 18.9 Å². The molecule has 0 saturated heterocycles. The van der Waals surface area contributed by atoms with Crippen LogP contribution in [0.4, 0.5) is 0 Å². The predicted molar refractivity (Wildman–Crippen MR) is 85.7 cm³/mol. The van der Waals surface area contributed by atoms with Crippen LogP contribution in [0.15, 0.2) is 66.7 Å². The summed E-state index contributed by atoms with van der Waals surface area (Å²) in [7, 11) is 0. The van der Waals surface area contributed by atoms with Crippen molar-refractivity contribution in [3.63, 3.8) is 0 Å². The molecule has 1 heteroatoms. The number of fused-ring (bicyclic) bond motifs is 1. The van der Waals surface area contributed by atoms with E-state index in [-0.39, 0.29) is 20.3 Å². The number of aryl methyl sites for hydroxylation is 3. The summed E-state index contributed by atoms with van der Waals surface area (Å²) in [4.78, 5) is 0. The van der Waals surface area contributed by atoms with Gasteiger partial charge in [-0.1, -0.05) is 83.4 Å². The third-order valence-corrected chi connectivity index (χ3v) is 3.02. The van der Waals surface area contributed by atoms with Crippen LogP contribution in [0.2, 0.25) is 0 Å². The molecule has 0 aliphatic carbocycles. The zero-order chi connectivity index (χ0) is 13.7. The summed E-state index contributed by atoms with van der Waals surface area (Å²) < 4.78 is 0. The predicted octanol–water partition coefficient (Wildman–Crippen LogP) is 2.57. The van der Waals surface area contributed by atoms with Crippen molar-refractivity contribution in [1.82, 2.24) is 0 Å². The first-order chi connectivity index (χ1) is 9.15. The quantitative estimate of drug-likeness (QED) is 0.542. The van der Waals surface area contributed by atoms with Gasteiger partial charge in [0.2, 0.25) is 0 Å². The van der Waals surface area contributed by atoms with Crippen molar-refractivity contribution in [3.05, 3.63) is 83.4 Å². The second-order valence-electron chi connectivity index (χ2n) is 5.01. The van der Waals surface area contributed by atoms with Gasteiger partial charge in [-0.2, -0.15) is 0 Å². The van der Waals surface area contributed by atoms with E-state index in [0.29, 0.717) is 0 Å². The summed E-state index contributed by atoms with van der Waals surface area (Å²) in [6, 6.07) is 23.3. The molecule has 0 bridgehead atoms. The van der Waals surface area contributed by atoms with Gasteiger partial charge in [0.05, 0.1) is 0 Å². The molecule has 0 atom stereocenters. The Morgan fingerprint density at radius 2 is 0.800 bits per heavy atom. The molecule has 0 radical (unpaired) electrons. The number of hydrogen-bond donors (Lipinski definition) is 0. The van der Waals surface area contributed by atoms with Crippen molar-refractivity contribution in [2.75, 3.05) is 0 Å². The molecule has 0 unspecified atom stereocenters. The van der Waals surface area contributed by atoms with Crippen molar-refractivity contribution < 1.29 is 20.3 Å². The molecule has 0 nitrogen and oxygen atoms in total. The van der Waals surface area contributed by atoms with Crippen LogP contribution in [0, 0.1) is 20.8 Å². The Morgan fingerprint density at radius 1 is 0.550 bits per heavy atom. The third kappa shape index (κ3) is 4.89. The number of hydrogen-bond acceptors (Lipinski definition) is 0. The van der Waals surface area contributed by atoms with E-state index in [0.717, 1.165) is 0 Å². The van der Waals surface area contributed by atoms with E-state index in [1.165, 1.54) is 27.5 Å². The maximum atomic E-state index is 2.19. The largest absolute Gasteiger partial charge is 1.00 e. The van der Waals surface area contributed by atoms with Gasteiger partial charge in [0.25, 0.3) is 0 Å². The average Bonchev–Trinajstić information content (AvgIpc) is 2.38. The van der Waals surface area contributed by atoms with E-state index in [1.54, 1.807) is 0 Å². The van der Waals surface area contributed by atoms with Crippen molar-refractivity contribution in [3.8, 4) is 0 Å². The van der Waals surface area contributed by atoms with Gasteiger partial charge in [0.15, 0.2) is 0 Å². The van der Waals surface area contributed by atoms with Crippen molar-refractivity contribution >= 4 is 10.8 Å². The van der Waals surface area contributed by atoms with E-state index in [9.17, 15) is 0 Å². The molecule has 0 heterocycles. The molecule has 3 aromatic rings. The Balaban J connectivity index is 0.000000350. The van der Waals surface area contributed by atoms with Gasteiger partial charge in [-0.25, -0.2) is 0 Å². The molecule has 0 fully saturated rings. The van der Waals surface area contributed by atoms with Crippen LogP contribution in [0.3, 0.4) is 0 Å². The maximum Gasteiger partial charge on any atom is 1.00 e. The third-order valence-electron chi connectivity index (χ3n) is 3.02. The summed E-state index contributed by atoms with van der Waals surface area (Å²) in [6.07, 6.45) is 0. The van der Waals surface area contributed by atoms with Crippen LogP contribution in [0.5, 0.6) is 0 Å². The molecule has 3 aromatic carbocycles. The molecular weight excluding hydrogens is 235 g/mol. The van der Waals surface area contributed by atoms with Gasteiger partial charge in [0.1, 0.15) is 0 Å². The molecule has 0 saturated carbocycles. The standard InChI is InChI=1S/C10H8.C9H12.Li.H/c1-2-6-10-8-4-3-7-9(10)5-1;1-7-4-8(2)6-9(3)5-7;;/h1-8H;4-6H,1-3H3;;/q;;+1;-1. The molecule has 20 heavy (non-hydrogen) atoms. The van der Waals surface area contributed by atoms with Gasteiger partial charge in [-0.05, 0) is 31.5 Å². The summed E-state index contributed by atoms with van der Waals surface area (Å²) in [5, 5.41) is 2.62. The SMILES string of the molecule is Cc1cc(C)cc(C)c1.[H-].[Li+].c1ccc2ccccc2c1. The summed E-state index contributed by atoms with van der Waals surface area (Å²) >= 11 is 0. The Morgan fingerprint density at radius 3 is 1.05 bits per heavy atom. The van der Waals surface area contributed by atoms with Gasteiger partial charge in [0, 0.05) is 0 Å². The second kappa shape index (κ2) is 7.95. The average molecular weight is 256 g/mol. The Kier molecular flexibility index (Phi) is 6.59. The van der Waals surface area contributed by atoms with Crippen molar-refractivity contribution in [2.24, 2.45) is 0 Å². The zero-order valence-electron chi connectivity index (χ0n) is 13.9. The van der Waals surface area contributed by atoms with Crippen LogP contribution >= 0.6 is 0 Å². The minimum atomic E-state index is 0. The molecule has 98 valence electrons. The molecular formula is C19H21Li. The summed E-state index contributed by atoms with van der Waals surface area (Å²) in [5.41, 5.74) is 4.06. The fraction of sp³-hybridized carbons (Fsp3) is 0.158. The molecule has 0 spiro atoms. The molecule has 0 amide bonds. The van der Waals surface area contributed by atoms with Crippen molar-refractivity contribution in [2.45, 2.75) is 20.8 Å². The second-order valence-corrected chi connectivity index (χ2v) is 5.01. The van der Waals surface area contributed by atoms with E-state index in [1.807, 2.05) is 0 Å². The Labute approximate surface area is 135 Å². The molecule has 0 aromatic heterocycles. The zero-order valence-corrected chi connectivity index (χ0v) is 12.9. The van der Waals surface area contributed by atoms with Gasteiger partial charge in [-0.15, -0.1) is 0 Å². The van der Waals surface area contributed by atoms with Gasteiger partial charge < -0.3 is 1.43 Å². The Hall–Kier alpha value is -1.48. The van der Waals surface area contributed by atoms with E-state index < -0.39 is 0 Å². The number of benzene rings is 3. The van der Waals surface area contributed by atoms with Crippen molar-refractivity contribution in [1.29, 1.82) is 0 Å². The van der Waals surface area contributed by atoms with Crippen LogP contribution in [0.1, 0.15) is 18.1 Å². The molecule has 0 N–H and O–H groups in total. The first-order valence-corrected chi connectivity index (χ1v) is 6.64. The summed E-state index contributed by atoms with van der Waals surface area (Å²) in [6.45, 7) is 6.38. The van der Waals surface area contributed by atoms with E-state index in [4.69, 9.17) is 0 Å². The minimum Gasteiger partial charge on any atom is -1.00 e. The van der Waals surface area contributed by atoms with Gasteiger partial charge in [-0.3, -0.25) is 0 Å². The topological polar surface area (TPSA) is 0 Å².